The van der Waals surface area contributed by atoms with E-state index < -0.39 is 11.7 Å². The largest absolute Gasteiger partial charge is 0.399 e. The minimum atomic E-state index is -0.541. The van der Waals surface area contributed by atoms with Gasteiger partial charge in [-0.05, 0) is 51.1 Å². The molecule has 1 aromatic rings. The molecule has 1 aliphatic heterocycles. The molecule has 0 bridgehead atoms. The molecule has 4 nitrogen and oxygen atoms in total. The standard InChI is InChI=1S/C14H20FN3O/c1-10(18-6-2-3-7-18)9-17-14(19)12-8-11(16)4-5-13(12)15/h4-5,8,10H,2-3,6-7,9,16H2,1H3,(H,17,19). The normalized spacial score (nSPS) is 17.4. The summed E-state index contributed by atoms with van der Waals surface area (Å²) >= 11 is 0. The van der Waals surface area contributed by atoms with Gasteiger partial charge in [0.25, 0.3) is 5.91 Å². The van der Waals surface area contributed by atoms with E-state index in [-0.39, 0.29) is 11.6 Å². The molecule has 0 spiro atoms. The molecule has 0 radical (unpaired) electrons. The first-order valence-electron chi connectivity index (χ1n) is 6.65. The molecule has 0 aliphatic carbocycles. The van der Waals surface area contributed by atoms with E-state index in [4.69, 9.17) is 5.73 Å². The number of likely N-dealkylation sites (tertiary alicyclic amines) is 1. The lowest BCUT2D eigenvalue weighted by Gasteiger charge is -2.23. The first kappa shape index (κ1) is 13.8. The van der Waals surface area contributed by atoms with Crippen LogP contribution in [-0.4, -0.2) is 36.5 Å². The fourth-order valence-electron chi connectivity index (χ4n) is 2.36. The lowest BCUT2D eigenvalue weighted by molar-refractivity contribution is 0.0936. The molecule has 0 aromatic heterocycles. The maximum Gasteiger partial charge on any atom is 0.254 e. The van der Waals surface area contributed by atoms with Crippen LogP contribution >= 0.6 is 0 Å². The monoisotopic (exact) mass is 265 g/mol. The van der Waals surface area contributed by atoms with Gasteiger partial charge in [-0.3, -0.25) is 9.69 Å². The fraction of sp³-hybridized carbons (Fsp3) is 0.500. The number of benzene rings is 1. The number of nitrogens with zero attached hydrogens (tertiary/aromatic N) is 1. The number of halogens is 1. The van der Waals surface area contributed by atoms with Gasteiger partial charge >= 0.3 is 0 Å². The molecule has 1 aromatic carbocycles. The van der Waals surface area contributed by atoms with Gasteiger partial charge in [0.05, 0.1) is 5.56 Å². The highest BCUT2D eigenvalue weighted by atomic mass is 19.1. The molecule has 1 heterocycles. The van der Waals surface area contributed by atoms with Crippen LogP contribution in [0.1, 0.15) is 30.1 Å². The predicted octanol–water partition coefficient (Wildman–Crippen LogP) is 1.62. The second kappa shape index (κ2) is 6.02. The van der Waals surface area contributed by atoms with E-state index >= 15 is 0 Å². The Morgan fingerprint density at radius 1 is 1.47 bits per heavy atom. The van der Waals surface area contributed by atoms with Crippen LogP contribution in [0, 0.1) is 5.82 Å². The highest BCUT2D eigenvalue weighted by molar-refractivity contribution is 5.95. The lowest BCUT2D eigenvalue weighted by Crippen LogP contribution is -2.40. The van der Waals surface area contributed by atoms with Crippen LogP contribution in [-0.2, 0) is 0 Å². The Bertz CT molecular complexity index is 458. The Hall–Kier alpha value is -1.62. The Morgan fingerprint density at radius 3 is 2.84 bits per heavy atom. The predicted molar refractivity (Wildman–Crippen MR) is 73.4 cm³/mol. The van der Waals surface area contributed by atoms with E-state index in [1.807, 2.05) is 0 Å². The molecule has 1 saturated heterocycles. The van der Waals surface area contributed by atoms with Crippen LogP contribution in [0.25, 0.3) is 0 Å². The third kappa shape index (κ3) is 3.44. The zero-order valence-corrected chi connectivity index (χ0v) is 11.2. The van der Waals surface area contributed by atoms with Gasteiger partial charge in [-0.25, -0.2) is 4.39 Å². The second-order valence-corrected chi connectivity index (χ2v) is 5.04. The van der Waals surface area contributed by atoms with Gasteiger partial charge in [-0.1, -0.05) is 0 Å². The third-order valence-corrected chi connectivity index (χ3v) is 3.56. The van der Waals surface area contributed by atoms with Crippen LogP contribution in [0.3, 0.4) is 0 Å². The van der Waals surface area contributed by atoms with Crippen LogP contribution in [0.2, 0.25) is 0 Å². The van der Waals surface area contributed by atoms with E-state index in [0.717, 1.165) is 13.1 Å². The lowest BCUT2D eigenvalue weighted by atomic mass is 10.1. The summed E-state index contributed by atoms with van der Waals surface area (Å²) in [5.74, 6) is -0.948. The van der Waals surface area contributed by atoms with Crippen LogP contribution in [0.4, 0.5) is 10.1 Å². The topological polar surface area (TPSA) is 58.4 Å². The minimum Gasteiger partial charge on any atom is -0.399 e. The van der Waals surface area contributed by atoms with E-state index in [1.165, 1.54) is 31.0 Å². The number of hydrogen-bond acceptors (Lipinski definition) is 3. The average Bonchev–Trinajstić information content (AvgIpc) is 2.92. The molecule has 1 amide bonds. The molecule has 19 heavy (non-hydrogen) atoms. The first-order chi connectivity index (χ1) is 9.08. The molecule has 3 N–H and O–H groups in total. The van der Waals surface area contributed by atoms with E-state index in [9.17, 15) is 9.18 Å². The maximum absolute atomic E-state index is 13.5. The van der Waals surface area contributed by atoms with Crippen molar-refractivity contribution in [1.29, 1.82) is 0 Å². The summed E-state index contributed by atoms with van der Waals surface area (Å²) in [6.07, 6.45) is 2.42. The van der Waals surface area contributed by atoms with E-state index in [2.05, 4.69) is 17.1 Å². The fourth-order valence-corrected chi connectivity index (χ4v) is 2.36. The van der Waals surface area contributed by atoms with Gasteiger partial charge in [0, 0.05) is 18.3 Å². The zero-order chi connectivity index (χ0) is 13.8. The van der Waals surface area contributed by atoms with Crippen molar-refractivity contribution >= 4 is 11.6 Å². The van der Waals surface area contributed by atoms with Gasteiger partial charge < -0.3 is 11.1 Å². The quantitative estimate of drug-likeness (QED) is 0.813. The summed E-state index contributed by atoms with van der Waals surface area (Å²) in [5, 5.41) is 2.77. The molecule has 1 unspecified atom stereocenters. The van der Waals surface area contributed by atoms with E-state index in [0.29, 0.717) is 12.2 Å². The first-order valence-corrected chi connectivity index (χ1v) is 6.65. The van der Waals surface area contributed by atoms with Crippen molar-refractivity contribution in [3.8, 4) is 0 Å². The summed E-state index contributed by atoms with van der Waals surface area (Å²) in [7, 11) is 0. The smallest absolute Gasteiger partial charge is 0.254 e. The van der Waals surface area contributed by atoms with Crippen LogP contribution < -0.4 is 11.1 Å². The number of anilines is 1. The highest BCUT2D eigenvalue weighted by Crippen LogP contribution is 2.13. The minimum absolute atomic E-state index is 0.00798. The molecule has 1 aliphatic rings. The summed E-state index contributed by atoms with van der Waals surface area (Å²) in [5.41, 5.74) is 5.96. The van der Waals surface area contributed by atoms with Gasteiger partial charge in [0.15, 0.2) is 0 Å². The highest BCUT2D eigenvalue weighted by Gasteiger charge is 2.19. The van der Waals surface area contributed by atoms with Gasteiger partial charge in [0.2, 0.25) is 0 Å². The maximum atomic E-state index is 13.5. The van der Waals surface area contributed by atoms with Crippen LogP contribution in [0.5, 0.6) is 0 Å². The Kier molecular flexibility index (Phi) is 4.37. The van der Waals surface area contributed by atoms with Crippen molar-refractivity contribution in [3.63, 3.8) is 0 Å². The number of hydrogen-bond donors (Lipinski definition) is 2. The Morgan fingerprint density at radius 2 is 2.16 bits per heavy atom. The number of rotatable bonds is 4. The van der Waals surface area contributed by atoms with Crippen molar-refractivity contribution in [2.24, 2.45) is 0 Å². The molecular weight excluding hydrogens is 245 g/mol. The Labute approximate surface area is 112 Å². The number of amides is 1. The summed E-state index contributed by atoms with van der Waals surface area (Å²) in [4.78, 5) is 14.2. The van der Waals surface area contributed by atoms with Crippen molar-refractivity contribution in [2.45, 2.75) is 25.8 Å². The third-order valence-electron chi connectivity index (χ3n) is 3.56. The zero-order valence-electron chi connectivity index (χ0n) is 11.2. The number of nitrogens with two attached hydrogens (primary N) is 1. The van der Waals surface area contributed by atoms with Crippen molar-refractivity contribution in [1.82, 2.24) is 10.2 Å². The van der Waals surface area contributed by atoms with Crippen molar-refractivity contribution in [2.75, 3.05) is 25.4 Å². The number of nitrogens with one attached hydrogen (secondary N) is 1. The number of carbonyl (C=O) groups excluding carboxylic acids is 1. The molecular formula is C14H20FN3O. The molecule has 2 rings (SSSR count). The SMILES string of the molecule is CC(CNC(=O)c1cc(N)ccc1F)N1CCCC1. The van der Waals surface area contributed by atoms with Crippen molar-refractivity contribution in [3.05, 3.63) is 29.6 Å². The molecule has 1 fully saturated rings. The number of carbonyl (C=O) groups is 1. The van der Waals surface area contributed by atoms with E-state index in [1.54, 1.807) is 0 Å². The number of nitrogen functional groups attached to an aromatic ring is 1. The Balaban J connectivity index is 1.91. The average molecular weight is 265 g/mol. The molecule has 0 saturated carbocycles. The summed E-state index contributed by atoms with van der Waals surface area (Å²) < 4.78 is 13.5. The van der Waals surface area contributed by atoms with Gasteiger partial charge in [0.1, 0.15) is 5.82 Å². The van der Waals surface area contributed by atoms with Gasteiger partial charge in [-0.15, -0.1) is 0 Å². The summed E-state index contributed by atoms with van der Waals surface area (Å²) in [6, 6.07) is 4.30. The molecule has 1 atom stereocenters. The van der Waals surface area contributed by atoms with Crippen molar-refractivity contribution < 1.29 is 9.18 Å². The molecule has 5 heteroatoms. The van der Waals surface area contributed by atoms with Gasteiger partial charge in [-0.2, -0.15) is 0 Å². The van der Waals surface area contributed by atoms with Crippen LogP contribution in [0.15, 0.2) is 18.2 Å². The second-order valence-electron chi connectivity index (χ2n) is 5.04. The molecule has 104 valence electrons. The summed E-state index contributed by atoms with van der Waals surface area (Å²) in [6.45, 7) is 4.74.